The number of para-hydroxylation sites is 1. The number of rotatable bonds is 7. The average molecular weight is 425 g/mol. The zero-order chi connectivity index (χ0) is 20.9. The van der Waals surface area contributed by atoms with E-state index < -0.39 is 6.23 Å². The largest absolute Gasteiger partial charge is 0.493 e. The fourth-order valence-corrected chi connectivity index (χ4v) is 3.81. The van der Waals surface area contributed by atoms with Gasteiger partial charge in [-0.25, -0.2) is 0 Å². The van der Waals surface area contributed by atoms with Crippen LogP contribution in [-0.2, 0) is 0 Å². The van der Waals surface area contributed by atoms with E-state index in [0.717, 1.165) is 29.0 Å². The van der Waals surface area contributed by atoms with E-state index in [0.29, 0.717) is 34.8 Å². The molecule has 0 radical (unpaired) electrons. The van der Waals surface area contributed by atoms with Crippen LogP contribution in [0, 0.1) is 0 Å². The predicted molar refractivity (Wildman–Crippen MR) is 117 cm³/mol. The van der Waals surface area contributed by atoms with E-state index in [9.17, 15) is 0 Å². The van der Waals surface area contributed by atoms with Crippen LogP contribution < -0.4 is 19.5 Å². The Kier molecular flexibility index (Phi) is 6.23. The lowest BCUT2D eigenvalue weighted by atomic mass is 10.1. The van der Waals surface area contributed by atoms with Gasteiger partial charge in [-0.3, -0.25) is 0 Å². The number of hydrogen-bond acceptors (Lipinski definition) is 8. The summed E-state index contributed by atoms with van der Waals surface area (Å²) >= 11 is 1.57. The molecular formula is C22H24N4O3S. The number of methoxy groups -OCH3 is 1. The molecule has 1 N–H and O–H groups in total. The van der Waals surface area contributed by atoms with E-state index in [4.69, 9.17) is 14.2 Å². The van der Waals surface area contributed by atoms with Gasteiger partial charge in [0.15, 0.2) is 23.4 Å². The normalized spacial score (nSPS) is 14.6. The van der Waals surface area contributed by atoms with Gasteiger partial charge >= 0.3 is 0 Å². The SMILES string of the molecule is CCCSc1nnc2c(n1)O[C@H](c1ccc(OCC)c(OC)c1)Nc1ccccc1-2. The van der Waals surface area contributed by atoms with Crippen molar-refractivity contribution in [3.05, 3.63) is 48.0 Å². The number of nitrogens with zero attached hydrogens (tertiary/aromatic N) is 3. The van der Waals surface area contributed by atoms with Crippen molar-refractivity contribution in [2.24, 2.45) is 0 Å². The number of anilines is 1. The lowest BCUT2D eigenvalue weighted by Gasteiger charge is -2.20. The molecule has 2 aromatic carbocycles. The molecule has 3 aromatic rings. The molecule has 1 aromatic heterocycles. The zero-order valence-electron chi connectivity index (χ0n) is 17.2. The van der Waals surface area contributed by atoms with Crippen LogP contribution in [0.2, 0.25) is 0 Å². The zero-order valence-corrected chi connectivity index (χ0v) is 18.0. The van der Waals surface area contributed by atoms with Crippen molar-refractivity contribution >= 4 is 17.4 Å². The maximum atomic E-state index is 6.31. The van der Waals surface area contributed by atoms with Gasteiger partial charge in [-0.2, -0.15) is 4.98 Å². The Balaban J connectivity index is 1.75. The van der Waals surface area contributed by atoms with Gasteiger partial charge in [0, 0.05) is 22.6 Å². The van der Waals surface area contributed by atoms with E-state index in [-0.39, 0.29) is 0 Å². The standard InChI is InChI=1S/C22H24N4O3S/c1-4-12-30-22-24-21-19(25-26-22)15-8-6-7-9-16(15)23-20(29-21)14-10-11-17(28-5-2)18(13-14)27-3/h6-11,13,20,23H,4-5,12H2,1-3H3/t20-/m1/s1. The third-order valence-corrected chi connectivity index (χ3v) is 5.60. The minimum absolute atomic E-state index is 0.457. The first-order valence-electron chi connectivity index (χ1n) is 9.94. The molecule has 7 nitrogen and oxygen atoms in total. The van der Waals surface area contributed by atoms with Crippen LogP contribution in [0.4, 0.5) is 5.69 Å². The molecule has 156 valence electrons. The summed E-state index contributed by atoms with van der Waals surface area (Å²) in [4.78, 5) is 4.65. The van der Waals surface area contributed by atoms with Gasteiger partial charge in [0.2, 0.25) is 11.0 Å². The van der Waals surface area contributed by atoms with E-state index >= 15 is 0 Å². The Labute approximate surface area is 180 Å². The van der Waals surface area contributed by atoms with E-state index in [1.54, 1.807) is 18.9 Å². The first-order chi connectivity index (χ1) is 14.7. The predicted octanol–water partition coefficient (Wildman–Crippen LogP) is 4.95. The van der Waals surface area contributed by atoms with Crippen LogP contribution in [0.1, 0.15) is 32.1 Å². The van der Waals surface area contributed by atoms with E-state index in [1.807, 2.05) is 49.4 Å². The first-order valence-corrected chi connectivity index (χ1v) is 10.9. The van der Waals surface area contributed by atoms with Crippen molar-refractivity contribution in [2.45, 2.75) is 31.7 Å². The summed E-state index contributed by atoms with van der Waals surface area (Å²) < 4.78 is 17.5. The number of nitrogens with one attached hydrogen (secondary N) is 1. The quantitative estimate of drug-likeness (QED) is 0.534. The van der Waals surface area contributed by atoms with Gasteiger partial charge in [-0.15, -0.1) is 10.2 Å². The summed E-state index contributed by atoms with van der Waals surface area (Å²) in [6.45, 7) is 4.63. The van der Waals surface area contributed by atoms with E-state index in [2.05, 4.69) is 27.4 Å². The molecule has 0 amide bonds. The monoisotopic (exact) mass is 424 g/mol. The molecule has 0 bridgehead atoms. The first kappa shape index (κ1) is 20.3. The average Bonchev–Trinajstić information content (AvgIpc) is 2.94. The highest BCUT2D eigenvalue weighted by molar-refractivity contribution is 7.99. The number of fused-ring (bicyclic) bond motifs is 3. The van der Waals surface area contributed by atoms with Crippen LogP contribution in [0.5, 0.6) is 17.4 Å². The molecule has 0 unspecified atom stereocenters. The minimum Gasteiger partial charge on any atom is -0.493 e. The topological polar surface area (TPSA) is 78.4 Å². The third kappa shape index (κ3) is 4.14. The third-order valence-electron chi connectivity index (χ3n) is 4.56. The molecule has 0 spiro atoms. The second kappa shape index (κ2) is 9.21. The maximum Gasteiger partial charge on any atom is 0.247 e. The molecule has 8 heteroatoms. The van der Waals surface area contributed by atoms with Crippen molar-refractivity contribution in [1.29, 1.82) is 0 Å². The second-order valence-corrected chi connectivity index (χ2v) is 7.69. The van der Waals surface area contributed by atoms with Crippen LogP contribution in [0.3, 0.4) is 0 Å². The van der Waals surface area contributed by atoms with Crippen LogP contribution in [0.25, 0.3) is 11.3 Å². The van der Waals surface area contributed by atoms with Gasteiger partial charge in [-0.05, 0) is 37.6 Å². The smallest absolute Gasteiger partial charge is 0.247 e. The number of thioether (sulfide) groups is 1. The number of benzene rings is 2. The lowest BCUT2D eigenvalue weighted by Crippen LogP contribution is -2.17. The van der Waals surface area contributed by atoms with Crippen molar-refractivity contribution in [3.63, 3.8) is 0 Å². The van der Waals surface area contributed by atoms with Crippen LogP contribution >= 0.6 is 11.8 Å². The Hall–Kier alpha value is -3.00. The molecule has 0 aliphatic carbocycles. The molecule has 2 heterocycles. The van der Waals surface area contributed by atoms with Gasteiger partial charge in [0.1, 0.15) is 0 Å². The van der Waals surface area contributed by atoms with Crippen molar-refractivity contribution in [1.82, 2.24) is 15.2 Å². The molecule has 1 aliphatic rings. The molecule has 0 saturated carbocycles. The van der Waals surface area contributed by atoms with Gasteiger partial charge in [-0.1, -0.05) is 36.9 Å². The molecule has 1 aliphatic heterocycles. The Bertz CT molecular complexity index is 1030. The molecule has 0 saturated heterocycles. The lowest BCUT2D eigenvalue weighted by molar-refractivity contribution is 0.224. The van der Waals surface area contributed by atoms with E-state index in [1.165, 1.54) is 0 Å². The summed E-state index contributed by atoms with van der Waals surface area (Å²) in [6, 6.07) is 13.7. The minimum atomic E-state index is -0.474. The molecule has 1 atom stereocenters. The molecule has 4 rings (SSSR count). The molecular weight excluding hydrogens is 400 g/mol. The number of ether oxygens (including phenoxy) is 3. The van der Waals surface area contributed by atoms with Gasteiger partial charge < -0.3 is 19.5 Å². The Morgan fingerprint density at radius 2 is 1.97 bits per heavy atom. The molecule has 0 fully saturated rings. The second-order valence-electron chi connectivity index (χ2n) is 6.63. The fourth-order valence-electron chi connectivity index (χ4n) is 3.17. The summed E-state index contributed by atoms with van der Waals surface area (Å²) in [6.07, 6.45) is 0.558. The van der Waals surface area contributed by atoms with Gasteiger partial charge in [0.25, 0.3) is 0 Å². The highest BCUT2D eigenvalue weighted by Crippen LogP contribution is 2.40. The van der Waals surface area contributed by atoms with Crippen LogP contribution in [-0.4, -0.2) is 34.7 Å². The number of aromatic nitrogens is 3. The van der Waals surface area contributed by atoms with Crippen molar-refractivity contribution in [2.75, 3.05) is 24.8 Å². The summed E-state index contributed by atoms with van der Waals surface area (Å²) in [5, 5.41) is 12.8. The fraction of sp³-hybridized carbons (Fsp3) is 0.318. The van der Waals surface area contributed by atoms with Crippen LogP contribution in [0.15, 0.2) is 47.6 Å². The summed E-state index contributed by atoms with van der Waals surface area (Å²) in [7, 11) is 1.63. The summed E-state index contributed by atoms with van der Waals surface area (Å²) in [5.74, 6) is 2.73. The van der Waals surface area contributed by atoms with Crippen molar-refractivity contribution < 1.29 is 14.2 Å². The Morgan fingerprint density at radius 1 is 1.10 bits per heavy atom. The number of hydrogen-bond donors (Lipinski definition) is 1. The maximum absolute atomic E-state index is 6.31. The molecule has 30 heavy (non-hydrogen) atoms. The summed E-state index contributed by atoms with van der Waals surface area (Å²) in [5.41, 5.74) is 3.32. The highest BCUT2D eigenvalue weighted by atomic mass is 32.2. The highest BCUT2D eigenvalue weighted by Gasteiger charge is 2.26. The van der Waals surface area contributed by atoms with Gasteiger partial charge in [0.05, 0.1) is 13.7 Å². The van der Waals surface area contributed by atoms with Crippen molar-refractivity contribution in [3.8, 4) is 28.6 Å². The Morgan fingerprint density at radius 3 is 2.77 bits per heavy atom.